The molecule has 0 saturated heterocycles. The molecule has 0 aromatic carbocycles. The van der Waals surface area contributed by atoms with Crippen molar-refractivity contribution < 1.29 is 28.6 Å². The molecule has 0 amide bonds. The molecule has 0 aliphatic heterocycles. The Morgan fingerprint density at radius 2 is 1.47 bits per heavy atom. The highest BCUT2D eigenvalue weighted by Crippen LogP contribution is 2.77. The van der Waals surface area contributed by atoms with Gasteiger partial charge in [0, 0.05) is 17.8 Å². The number of hydrogen-bond donors (Lipinski definition) is 0. The van der Waals surface area contributed by atoms with Crippen molar-refractivity contribution in [2.24, 2.45) is 56.7 Å². The Kier molecular flexibility index (Phi) is 8.47. The van der Waals surface area contributed by atoms with Crippen LogP contribution in [0.4, 0.5) is 0 Å². The van der Waals surface area contributed by atoms with Crippen LogP contribution in [0.1, 0.15) is 126 Å². The molecule has 242 valence electrons. The molecule has 5 aliphatic carbocycles. The Hall–Kier alpha value is -1.85. The van der Waals surface area contributed by atoms with E-state index in [1.807, 2.05) is 0 Å². The van der Waals surface area contributed by atoms with Gasteiger partial charge in [-0.15, -0.1) is 0 Å². The van der Waals surface area contributed by atoms with Crippen molar-refractivity contribution in [1.82, 2.24) is 0 Å². The van der Waals surface area contributed by atoms with Crippen molar-refractivity contribution in [1.29, 1.82) is 0 Å². The number of methoxy groups -OCH3 is 1. The first-order valence-electron chi connectivity index (χ1n) is 17.1. The second-order valence-corrected chi connectivity index (χ2v) is 16.7. The van der Waals surface area contributed by atoms with Gasteiger partial charge in [0.15, 0.2) is 0 Å². The molecule has 0 N–H and O–H groups in total. The summed E-state index contributed by atoms with van der Waals surface area (Å²) in [6.45, 7) is 21.3. The van der Waals surface area contributed by atoms with Gasteiger partial charge in [-0.05, 0) is 117 Å². The molecule has 0 radical (unpaired) electrons. The molecular weight excluding hydrogens is 540 g/mol. The van der Waals surface area contributed by atoms with Crippen LogP contribution in [0.25, 0.3) is 0 Å². The smallest absolute Gasteiger partial charge is 0.306 e. The molecule has 5 rings (SSSR count). The SMILES string of the molecule is C=C(C)[C@@H]1CC[C@]2(COC(=O)CCC(=O)OC)CC[C@]3(C)[C@@H](CC[C@@H]4[C@@]5(C)CC[C@H](OC(C)=O)C(C)(C)[C@@H]5CC[C@]43C)[C@@H]12. The highest BCUT2D eigenvalue weighted by atomic mass is 16.5. The van der Waals surface area contributed by atoms with E-state index in [1.165, 1.54) is 44.8 Å². The Labute approximate surface area is 260 Å². The maximum Gasteiger partial charge on any atom is 0.306 e. The van der Waals surface area contributed by atoms with E-state index in [9.17, 15) is 14.4 Å². The van der Waals surface area contributed by atoms with Crippen molar-refractivity contribution in [3.05, 3.63) is 12.2 Å². The molecule has 0 unspecified atom stereocenters. The average molecular weight is 599 g/mol. The number of hydrogen-bond acceptors (Lipinski definition) is 6. The third-order valence-corrected chi connectivity index (χ3v) is 14.8. The molecule has 0 spiro atoms. The summed E-state index contributed by atoms with van der Waals surface area (Å²) in [5.41, 5.74) is 1.91. The third-order valence-electron chi connectivity index (χ3n) is 14.8. The first kappa shape index (κ1) is 32.5. The Morgan fingerprint density at radius 3 is 2.12 bits per heavy atom. The van der Waals surface area contributed by atoms with Crippen molar-refractivity contribution in [2.45, 2.75) is 132 Å². The van der Waals surface area contributed by atoms with Gasteiger partial charge in [0.1, 0.15) is 6.10 Å². The van der Waals surface area contributed by atoms with Gasteiger partial charge in [-0.2, -0.15) is 0 Å². The van der Waals surface area contributed by atoms with E-state index < -0.39 is 0 Å². The first-order chi connectivity index (χ1) is 20.1. The normalized spacial score (nSPS) is 44.6. The van der Waals surface area contributed by atoms with Gasteiger partial charge in [0.25, 0.3) is 0 Å². The third kappa shape index (κ3) is 5.00. The number of esters is 3. The Morgan fingerprint density at radius 1 is 0.767 bits per heavy atom. The summed E-state index contributed by atoms with van der Waals surface area (Å²) in [6, 6.07) is 0. The van der Waals surface area contributed by atoms with Gasteiger partial charge in [-0.1, -0.05) is 46.8 Å². The maximum atomic E-state index is 12.7. The lowest BCUT2D eigenvalue weighted by atomic mass is 9.32. The molecule has 0 heterocycles. The van der Waals surface area contributed by atoms with Crippen LogP contribution in [0, 0.1) is 56.7 Å². The lowest BCUT2D eigenvalue weighted by molar-refractivity contribution is -0.252. The molecule has 43 heavy (non-hydrogen) atoms. The van der Waals surface area contributed by atoms with Gasteiger partial charge < -0.3 is 14.2 Å². The van der Waals surface area contributed by atoms with Crippen LogP contribution in [-0.2, 0) is 28.6 Å². The summed E-state index contributed by atoms with van der Waals surface area (Å²) in [5.74, 6) is 1.87. The van der Waals surface area contributed by atoms with Crippen LogP contribution < -0.4 is 0 Å². The van der Waals surface area contributed by atoms with Gasteiger partial charge >= 0.3 is 17.9 Å². The zero-order chi connectivity index (χ0) is 31.6. The van der Waals surface area contributed by atoms with Crippen LogP contribution in [0.15, 0.2) is 12.2 Å². The van der Waals surface area contributed by atoms with E-state index in [2.05, 4.69) is 48.1 Å². The number of carbonyl (C=O) groups is 3. The summed E-state index contributed by atoms with van der Waals surface area (Å²) < 4.78 is 16.6. The summed E-state index contributed by atoms with van der Waals surface area (Å²) in [4.78, 5) is 36.3. The number of ether oxygens (including phenoxy) is 3. The predicted octanol–water partition coefficient (Wildman–Crippen LogP) is 8.07. The molecular formula is C37H58O6. The summed E-state index contributed by atoms with van der Waals surface area (Å²) in [5, 5.41) is 0. The molecule has 6 nitrogen and oxygen atoms in total. The van der Waals surface area contributed by atoms with Crippen molar-refractivity contribution in [2.75, 3.05) is 13.7 Å². The lowest BCUT2D eigenvalue weighted by Gasteiger charge is -2.73. The topological polar surface area (TPSA) is 78.9 Å². The number of allylic oxidation sites excluding steroid dienone is 1. The standard InChI is InChI=1S/C37H58O6/c1-23(2)25-14-19-37(22-42-31(40)13-12-30(39)41-9)21-20-35(7)26(32(25)37)10-11-28-34(6)17-16-29(43-24(3)38)33(4,5)27(34)15-18-36(28,35)8/h25-29,32H,1,10-22H2,2-9H3/t25-,26-,27-,28+,29-,32+,34-,35+,36+,37+/m0/s1. The van der Waals surface area contributed by atoms with Gasteiger partial charge in [-0.25, -0.2) is 0 Å². The zero-order valence-electron chi connectivity index (χ0n) is 28.3. The van der Waals surface area contributed by atoms with E-state index in [0.717, 1.165) is 32.1 Å². The quantitative estimate of drug-likeness (QED) is 0.168. The highest BCUT2D eigenvalue weighted by Gasteiger charge is 2.71. The lowest BCUT2D eigenvalue weighted by Crippen LogP contribution is -2.67. The van der Waals surface area contributed by atoms with Gasteiger partial charge in [0.2, 0.25) is 0 Å². The minimum atomic E-state index is -0.374. The number of fused-ring (bicyclic) bond motifs is 7. The van der Waals surface area contributed by atoms with Crippen molar-refractivity contribution in [3.8, 4) is 0 Å². The van der Waals surface area contributed by atoms with Crippen LogP contribution in [0.5, 0.6) is 0 Å². The molecule has 5 saturated carbocycles. The van der Waals surface area contributed by atoms with Gasteiger partial charge in [-0.3, -0.25) is 14.4 Å². The number of carbonyl (C=O) groups excluding carboxylic acids is 3. The van der Waals surface area contributed by atoms with Crippen molar-refractivity contribution in [3.63, 3.8) is 0 Å². The summed E-state index contributed by atoms with van der Waals surface area (Å²) >= 11 is 0. The van der Waals surface area contributed by atoms with Crippen LogP contribution >= 0.6 is 0 Å². The summed E-state index contributed by atoms with van der Waals surface area (Å²) in [7, 11) is 1.35. The molecule has 6 heteroatoms. The van der Waals surface area contributed by atoms with Crippen LogP contribution in [-0.4, -0.2) is 37.7 Å². The second kappa shape index (κ2) is 11.2. The minimum Gasteiger partial charge on any atom is -0.469 e. The summed E-state index contributed by atoms with van der Waals surface area (Å²) in [6.07, 6.45) is 11.6. The predicted molar refractivity (Wildman–Crippen MR) is 167 cm³/mol. The molecule has 0 aromatic heterocycles. The molecule has 5 aliphatic rings. The average Bonchev–Trinajstić information content (AvgIpc) is 3.32. The number of rotatable bonds is 7. The van der Waals surface area contributed by atoms with E-state index in [0.29, 0.717) is 36.2 Å². The fourth-order valence-electron chi connectivity index (χ4n) is 12.5. The van der Waals surface area contributed by atoms with E-state index >= 15 is 0 Å². The Bertz CT molecular complexity index is 1140. The molecule has 5 fully saturated rings. The fraction of sp³-hybridized carbons (Fsp3) is 0.865. The van der Waals surface area contributed by atoms with Crippen molar-refractivity contribution >= 4 is 17.9 Å². The molecule has 0 bridgehead atoms. The maximum absolute atomic E-state index is 12.7. The zero-order valence-corrected chi connectivity index (χ0v) is 28.3. The van der Waals surface area contributed by atoms with Gasteiger partial charge in [0.05, 0.1) is 26.6 Å². The molecule has 10 atom stereocenters. The van der Waals surface area contributed by atoms with Crippen LogP contribution in [0.3, 0.4) is 0 Å². The largest absolute Gasteiger partial charge is 0.469 e. The monoisotopic (exact) mass is 598 g/mol. The van der Waals surface area contributed by atoms with E-state index in [-0.39, 0.29) is 63.9 Å². The van der Waals surface area contributed by atoms with E-state index in [1.54, 1.807) is 6.92 Å². The Balaban J connectivity index is 1.42. The fourth-order valence-corrected chi connectivity index (χ4v) is 12.5. The minimum absolute atomic E-state index is 0.000188. The second-order valence-electron chi connectivity index (χ2n) is 16.7. The molecule has 0 aromatic rings. The highest BCUT2D eigenvalue weighted by molar-refractivity contribution is 5.77. The van der Waals surface area contributed by atoms with E-state index in [4.69, 9.17) is 14.2 Å². The first-order valence-corrected chi connectivity index (χ1v) is 17.1. The van der Waals surface area contributed by atoms with Crippen LogP contribution in [0.2, 0.25) is 0 Å².